The molecule has 0 aliphatic carbocycles. The van der Waals surface area contributed by atoms with Crippen LogP contribution in [-0.2, 0) is 0 Å². The van der Waals surface area contributed by atoms with Crippen molar-refractivity contribution >= 4 is 27.7 Å². The van der Waals surface area contributed by atoms with Crippen LogP contribution in [0.5, 0.6) is 0 Å². The predicted molar refractivity (Wildman–Crippen MR) is 70.3 cm³/mol. The summed E-state index contributed by atoms with van der Waals surface area (Å²) < 4.78 is 0.737. The summed E-state index contributed by atoms with van der Waals surface area (Å²) in [5, 5.41) is 21.0. The second-order valence-electron chi connectivity index (χ2n) is 3.33. The van der Waals surface area contributed by atoms with Crippen LogP contribution in [0.15, 0.2) is 10.7 Å². The number of nitrogens with one attached hydrogen (secondary N) is 1. The molecule has 0 saturated heterocycles. The summed E-state index contributed by atoms with van der Waals surface area (Å²) in [4.78, 5) is 10.2. The first-order valence-corrected chi connectivity index (χ1v) is 6.25. The van der Waals surface area contributed by atoms with Crippen LogP contribution in [0.25, 0.3) is 0 Å². The zero-order chi connectivity index (χ0) is 12.7. The van der Waals surface area contributed by atoms with Crippen LogP contribution in [0, 0.1) is 0 Å². The molecule has 1 aromatic heterocycles. The van der Waals surface area contributed by atoms with Crippen molar-refractivity contribution < 1.29 is 10.2 Å². The van der Waals surface area contributed by atoms with Crippen LogP contribution in [0.2, 0.25) is 0 Å². The lowest BCUT2D eigenvalue weighted by Crippen LogP contribution is -2.31. The lowest BCUT2D eigenvalue weighted by atomic mass is 10.4. The van der Waals surface area contributed by atoms with E-state index in [4.69, 9.17) is 10.2 Å². The number of hydrogen-bond donors (Lipinski definition) is 3. The average Bonchev–Trinajstić information content (AvgIpc) is 2.32. The highest BCUT2D eigenvalue weighted by Gasteiger charge is 2.12. The molecule has 0 amide bonds. The van der Waals surface area contributed by atoms with Gasteiger partial charge in [-0.05, 0) is 22.9 Å². The van der Waals surface area contributed by atoms with Gasteiger partial charge in [0.15, 0.2) is 0 Å². The second-order valence-corrected chi connectivity index (χ2v) is 4.18. The molecule has 0 aliphatic heterocycles. The average molecular weight is 305 g/mol. The molecule has 0 aliphatic rings. The first-order chi connectivity index (χ1) is 8.22. The summed E-state index contributed by atoms with van der Waals surface area (Å²) in [6.07, 6.45) is 1.65. The minimum Gasteiger partial charge on any atom is -0.395 e. The summed E-state index contributed by atoms with van der Waals surface area (Å²) >= 11 is 3.36. The molecule has 0 aromatic carbocycles. The first-order valence-electron chi connectivity index (χ1n) is 5.46. The van der Waals surface area contributed by atoms with Gasteiger partial charge in [-0.3, -0.25) is 0 Å². The van der Waals surface area contributed by atoms with Crippen molar-refractivity contribution in [3.8, 4) is 0 Å². The summed E-state index contributed by atoms with van der Waals surface area (Å²) in [5.74, 6) is 1.20. The van der Waals surface area contributed by atoms with Crippen molar-refractivity contribution in [3.63, 3.8) is 0 Å². The maximum absolute atomic E-state index is 8.99. The van der Waals surface area contributed by atoms with Gasteiger partial charge in [0.1, 0.15) is 5.82 Å². The van der Waals surface area contributed by atoms with Gasteiger partial charge in [-0.2, -0.15) is 4.98 Å². The number of nitrogens with zero attached hydrogens (tertiary/aromatic N) is 3. The first kappa shape index (κ1) is 14.1. The van der Waals surface area contributed by atoms with E-state index >= 15 is 0 Å². The van der Waals surface area contributed by atoms with Gasteiger partial charge >= 0.3 is 0 Å². The van der Waals surface area contributed by atoms with Gasteiger partial charge in [-0.1, -0.05) is 0 Å². The Hall–Kier alpha value is -0.920. The molecule has 6 nitrogen and oxygen atoms in total. The molecule has 3 N–H and O–H groups in total. The van der Waals surface area contributed by atoms with E-state index in [9.17, 15) is 0 Å². The molecule has 1 aromatic rings. The maximum atomic E-state index is 8.99. The van der Waals surface area contributed by atoms with Gasteiger partial charge in [0.25, 0.3) is 0 Å². The molecule has 17 heavy (non-hydrogen) atoms. The molecule has 0 fully saturated rings. The lowest BCUT2D eigenvalue weighted by molar-refractivity contribution is 0.280. The third-order valence-electron chi connectivity index (χ3n) is 2.10. The number of aliphatic hydroxyl groups excluding tert-OH is 2. The Morgan fingerprint density at radius 3 is 2.53 bits per heavy atom. The molecule has 96 valence electrons. The molecule has 0 bridgehead atoms. The predicted octanol–water partition coefficient (Wildman–Crippen LogP) is 0.462. The Morgan fingerprint density at radius 2 is 2.00 bits per heavy atom. The highest BCUT2D eigenvalue weighted by molar-refractivity contribution is 9.10. The quantitative estimate of drug-likeness (QED) is 0.679. The topological polar surface area (TPSA) is 81.5 Å². The van der Waals surface area contributed by atoms with E-state index in [-0.39, 0.29) is 13.2 Å². The van der Waals surface area contributed by atoms with Crippen LogP contribution in [0.1, 0.15) is 6.92 Å². The van der Waals surface area contributed by atoms with Crippen LogP contribution >= 0.6 is 15.9 Å². The van der Waals surface area contributed by atoms with Gasteiger partial charge in [0.05, 0.1) is 17.7 Å². The zero-order valence-corrected chi connectivity index (χ0v) is 11.3. The van der Waals surface area contributed by atoms with Crippen molar-refractivity contribution in [3.05, 3.63) is 10.7 Å². The maximum Gasteiger partial charge on any atom is 0.224 e. The molecular formula is C10H17BrN4O2. The molecule has 7 heteroatoms. The Kier molecular flexibility index (Phi) is 6.17. The largest absolute Gasteiger partial charge is 0.395 e. The summed E-state index contributed by atoms with van der Waals surface area (Å²) in [6, 6.07) is 0. The minimum atomic E-state index is 0.00693. The summed E-state index contributed by atoms with van der Waals surface area (Å²) in [6.45, 7) is 3.55. The number of halogens is 1. The van der Waals surface area contributed by atoms with Gasteiger partial charge in [0.2, 0.25) is 5.95 Å². The number of hydrogen-bond acceptors (Lipinski definition) is 6. The van der Waals surface area contributed by atoms with Gasteiger partial charge in [-0.15, -0.1) is 0 Å². The third-order valence-corrected chi connectivity index (χ3v) is 2.66. The van der Waals surface area contributed by atoms with E-state index in [2.05, 4.69) is 31.2 Å². The Balaban J connectivity index is 2.94. The summed E-state index contributed by atoms with van der Waals surface area (Å²) in [5.41, 5.74) is 0. The second kappa shape index (κ2) is 7.41. The molecule has 0 radical (unpaired) electrons. The van der Waals surface area contributed by atoms with E-state index in [1.54, 1.807) is 11.1 Å². The van der Waals surface area contributed by atoms with Crippen molar-refractivity contribution in [2.75, 3.05) is 43.1 Å². The van der Waals surface area contributed by atoms with Gasteiger partial charge < -0.3 is 20.4 Å². The molecular weight excluding hydrogens is 288 g/mol. The van der Waals surface area contributed by atoms with Crippen molar-refractivity contribution in [1.82, 2.24) is 9.97 Å². The van der Waals surface area contributed by atoms with Gasteiger partial charge in [0, 0.05) is 25.8 Å². The number of rotatable bonds is 7. The van der Waals surface area contributed by atoms with E-state index in [1.807, 2.05) is 6.92 Å². The molecule has 0 saturated carbocycles. The van der Waals surface area contributed by atoms with Crippen molar-refractivity contribution in [2.45, 2.75) is 6.92 Å². The zero-order valence-electron chi connectivity index (χ0n) is 9.73. The number of aliphatic hydroxyl groups is 2. The highest BCUT2D eigenvalue weighted by Crippen LogP contribution is 2.23. The van der Waals surface area contributed by atoms with E-state index in [0.29, 0.717) is 24.9 Å². The molecule has 0 atom stereocenters. The Morgan fingerprint density at radius 1 is 1.35 bits per heavy atom. The van der Waals surface area contributed by atoms with Gasteiger partial charge in [-0.25, -0.2) is 4.98 Å². The number of aromatic nitrogens is 2. The fraction of sp³-hybridized carbons (Fsp3) is 0.600. The van der Waals surface area contributed by atoms with Crippen LogP contribution in [0.4, 0.5) is 11.8 Å². The van der Waals surface area contributed by atoms with E-state index in [0.717, 1.165) is 11.0 Å². The van der Waals surface area contributed by atoms with E-state index in [1.165, 1.54) is 0 Å². The minimum absolute atomic E-state index is 0.00693. The monoisotopic (exact) mass is 304 g/mol. The molecule has 1 rings (SSSR count). The highest BCUT2D eigenvalue weighted by atomic mass is 79.9. The number of anilines is 2. The standard InChI is InChI=1S/C10H17BrN4O2/c1-2-12-10-13-7-8(11)9(14-10)15(3-5-16)4-6-17/h7,16-17H,2-6H2,1H3,(H,12,13,14). The molecule has 0 unspecified atom stereocenters. The van der Waals surface area contributed by atoms with E-state index < -0.39 is 0 Å². The fourth-order valence-electron chi connectivity index (χ4n) is 1.39. The molecule has 0 spiro atoms. The lowest BCUT2D eigenvalue weighted by Gasteiger charge is -2.23. The van der Waals surface area contributed by atoms with Crippen LogP contribution in [0.3, 0.4) is 0 Å². The molecule has 1 heterocycles. The smallest absolute Gasteiger partial charge is 0.224 e. The van der Waals surface area contributed by atoms with Crippen LogP contribution in [-0.4, -0.2) is 53.0 Å². The summed E-state index contributed by atoms with van der Waals surface area (Å²) in [7, 11) is 0. The SMILES string of the molecule is CCNc1ncc(Br)c(N(CCO)CCO)n1. The van der Waals surface area contributed by atoms with Crippen molar-refractivity contribution in [2.24, 2.45) is 0 Å². The van der Waals surface area contributed by atoms with Crippen LogP contribution < -0.4 is 10.2 Å². The Bertz CT molecular complexity index is 345. The Labute approximate surface area is 109 Å². The fourth-order valence-corrected chi connectivity index (χ4v) is 1.83. The third kappa shape index (κ3) is 4.10. The normalized spacial score (nSPS) is 10.4. The van der Waals surface area contributed by atoms with Crippen molar-refractivity contribution in [1.29, 1.82) is 0 Å².